The molecule has 1 aliphatic carbocycles. The number of nitrogens with zero attached hydrogens (tertiary/aromatic N) is 1. The Labute approximate surface area is 125 Å². The van der Waals surface area contributed by atoms with Gasteiger partial charge in [0.25, 0.3) is 0 Å². The normalized spacial score (nSPS) is 34.1. The number of rotatable bonds is 2. The lowest BCUT2D eigenvalue weighted by Gasteiger charge is -2.44. The Bertz CT molecular complexity index is 340. The van der Waals surface area contributed by atoms with Gasteiger partial charge in [-0.1, -0.05) is 5.16 Å². The fraction of sp³-hybridized carbons (Fsp3) is 0.933. The van der Waals surface area contributed by atoms with Crippen LogP contribution < -0.4 is 0 Å². The molecular formula is C15H25NO3S. The van der Waals surface area contributed by atoms with Gasteiger partial charge in [-0.15, -0.1) is 0 Å². The topological polar surface area (TPSA) is 51.1 Å². The summed E-state index contributed by atoms with van der Waals surface area (Å²) in [5, 5.41) is 12.1. The van der Waals surface area contributed by atoms with E-state index in [1.54, 1.807) is 0 Å². The van der Waals surface area contributed by atoms with E-state index in [-0.39, 0.29) is 5.60 Å². The van der Waals surface area contributed by atoms with Gasteiger partial charge in [-0.05, 0) is 56.5 Å². The molecule has 3 fully saturated rings. The van der Waals surface area contributed by atoms with Crippen LogP contribution in [0.15, 0.2) is 5.16 Å². The van der Waals surface area contributed by atoms with Gasteiger partial charge in [0.1, 0.15) is 0 Å². The summed E-state index contributed by atoms with van der Waals surface area (Å²) in [6.07, 6.45) is 8.95. The molecule has 1 atom stereocenters. The average Bonchev–Trinajstić information content (AvgIpc) is 2.49. The fourth-order valence-electron chi connectivity index (χ4n) is 3.62. The maximum absolute atomic E-state index is 8.79. The SMILES string of the molecule is ON=C1CCC(OC2CCOC3(CCSCC3)C2)CC1. The van der Waals surface area contributed by atoms with E-state index < -0.39 is 0 Å². The zero-order chi connectivity index (χ0) is 13.8. The van der Waals surface area contributed by atoms with Crippen molar-refractivity contribution in [3.8, 4) is 0 Å². The minimum atomic E-state index is 0.112. The van der Waals surface area contributed by atoms with Crippen molar-refractivity contribution in [2.75, 3.05) is 18.1 Å². The Hall–Kier alpha value is -0.260. The second-order valence-corrected chi connectivity index (χ2v) is 7.49. The summed E-state index contributed by atoms with van der Waals surface area (Å²) in [5.41, 5.74) is 1.04. The molecule has 1 N–H and O–H groups in total. The second-order valence-electron chi connectivity index (χ2n) is 6.26. The zero-order valence-electron chi connectivity index (χ0n) is 12.1. The highest BCUT2D eigenvalue weighted by atomic mass is 32.2. The Morgan fingerprint density at radius 3 is 2.60 bits per heavy atom. The van der Waals surface area contributed by atoms with Crippen LogP contribution in [0, 0.1) is 0 Å². The Morgan fingerprint density at radius 2 is 1.90 bits per heavy atom. The first-order valence-electron chi connectivity index (χ1n) is 7.87. The van der Waals surface area contributed by atoms with Gasteiger partial charge < -0.3 is 14.7 Å². The molecule has 114 valence electrons. The summed E-state index contributed by atoms with van der Waals surface area (Å²) in [4.78, 5) is 0. The lowest BCUT2D eigenvalue weighted by atomic mass is 9.86. The van der Waals surface area contributed by atoms with Crippen LogP contribution in [0.25, 0.3) is 0 Å². The maximum Gasteiger partial charge on any atom is 0.0723 e. The first-order valence-corrected chi connectivity index (χ1v) is 9.02. The van der Waals surface area contributed by atoms with Crippen molar-refractivity contribution < 1.29 is 14.7 Å². The van der Waals surface area contributed by atoms with E-state index >= 15 is 0 Å². The van der Waals surface area contributed by atoms with Gasteiger partial charge in [0.05, 0.1) is 23.5 Å². The van der Waals surface area contributed by atoms with E-state index in [4.69, 9.17) is 14.7 Å². The van der Waals surface area contributed by atoms with E-state index in [1.807, 2.05) is 11.8 Å². The quantitative estimate of drug-likeness (QED) is 0.628. The molecule has 1 saturated carbocycles. The summed E-state index contributed by atoms with van der Waals surface area (Å²) in [6, 6.07) is 0. The summed E-state index contributed by atoms with van der Waals surface area (Å²) in [6.45, 7) is 0.853. The molecule has 0 radical (unpaired) electrons. The van der Waals surface area contributed by atoms with Gasteiger partial charge in [-0.2, -0.15) is 11.8 Å². The van der Waals surface area contributed by atoms with Crippen LogP contribution in [-0.2, 0) is 9.47 Å². The van der Waals surface area contributed by atoms with Gasteiger partial charge in [0.2, 0.25) is 0 Å². The molecule has 1 spiro atoms. The van der Waals surface area contributed by atoms with E-state index in [9.17, 15) is 0 Å². The third kappa shape index (κ3) is 3.49. The second kappa shape index (κ2) is 6.67. The molecule has 0 amide bonds. The van der Waals surface area contributed by atoms with Gasteiger partial charge in [-0.3, -0.25) is 0 Å². The largest absolute Gasteiger partial charge is 0.411 e. The van der Waals surface area contributed by atoms with E-state index in [0.717, 1.165) is 50.8 Å². The minimum Gasteiger partial charge on any atom is -0.411 e. The lowest BCUT2D eigenvalue weighted by Crippen LogP contribution is -2.46. The van der Waals surface area contributed by atoms with Crippen molar-refractivity contribution in [1.82, 2.24) is 0 Å². The highest BCUT2D eigenvalue weighted by Crippen LogP contribution is 2.39. The summed E-state index contributed by atoms with van der Waals surface area (Å²) >= 11 is 2.04. The van der Waals surface area contributed by atoms with E-state index in [1.165, 1.54) is 24.3 Å². The molecule has 20 heavy (non-hydrogen) atoms. The van der Waals surface area contributed by atoms with Gasteiger partial charge >= 0.3 is 0 Å². The van der Waals surface area contributed by atoms with Crippen LogP contribution in [0.3, 0.4) is 0 Å². The van der Waals surface area contributed by atoms with Gasteiger partial charge in [0.15, 0.2) is 0 Å². The molecular weight excluding hydrogens is 274 g/mol. The predicted molar refractivity (Wildman–Crippen MR) is 80.8 cm³/mol. The van der Waals surface area contributed by atoms with E-state index in [0.29, 0.717) is 12.2 Å². The zero-order valence-corrected chi connectivity index (χ0v) is 12.9. The first-order chi connectivity index (χ1) is 9.80. The average molecular weight is 299 g/mol. The molecule has 4 nitrogen and oxygen atoms in total. The highest BCUT2D eigenvalue weighted by molar-refractivity contribution is 7.99. The molecule has 0 aromatic heterocycles. The fourth-order valence-corrected chi connectivity index (χ4v) is 4.86. The van der Waals surface area contributed by atoms with Crippen molar-refractivity contribution in [2.45, 2.75) is 69.2 Å². The van der Waals surface area contributed by atoms with Crippen LogP contribution in [0.5, 0.6) is 0 Å². The summed E-state index contributed by atoms with van der Waals surface area (Å²) < 4.78 is 12.4. The van der Waals surface area contributed by atoms with Crippen LogP contribution in [0.4, 0.5) is 0 Å². The van der Waals surface area contributed by atoms with Crippen LogP contribution >= 0.6 is 11.8 Å². The minimum absolute atomic E-state index is 0.112. The van der Waals surface area contributed by atoms with Gasteiger partial charge in [-0.25, -0.2) is 0 Å². The standard InChI is InChI=1S/C15H25NO3S/c17-16-12-1-3-13(4-2-12)19-14-5-8-18-15(11-14)6-9-20-10-7-15/h13-14,17H,1-11H2. The number of hydrogen-bond acceptors (Lipinski definition) is 5. The molecule has 2 aliphatic heterocycles. The summed E-state index contributed by atoms with van der Waals surface area (Å²) in [5.74, 6) is 2.46. The Morgan fingerprint density at radius 1 is 1.15 bits per heavy atom. The van der Waals surface area contributed by atoms with Crippen LogP contribution in [0.1, 0.15) is 51.4 Å². The van der Waals surface area contributed by atoms with Crippen LogP contribution in [-0.4, -0.2) is 46.8 Å². The number of oxime groups is 1. The molecule has 0 aromatic carbocycles. The molecule has 2 heterocycles. The predicted octanol–water partition coefficient (Wildman–Crippen LogP) is 3.22. The molecule has 3 rings (SSSR count). The first kappa shape index (κ1) is 14.7. The smallest absolute Gasteiger partial charge is 0.0723 e. The molecule has 0 bridgehead atoms. The molecule has 3 aliphatic rings. The van der Waals surface area contributed by atoms with E-state index in [2.05, 4.69) is 5.16 Å². The molecule has 2 saturated heterocycles. The van der Waals surface area contributed by atoms with Crippen molar-refractivity contribution in [3.63, 3.8) is 0 Å². The Kier molecular flexibility index (Phi) is 4.89. The molecule has 0 aromatic rings. The maximum atomic E-state index is 8.79. The molecule has 5 heteroatoms. The van der Waals surface area contributed by atoms with Crippen molar-refractivity contribution in [2.24, 2.45) is 5.16 Å². The number of hydrogen-bond donors (Lipinski definition) is 1. The molecule has 1 unspecified atom stereocenters. The number of ether oxygens (including phenoxy) is 2. The third-order valence-electron chi connectivity index (χ3n) is 4.89. The van der Waals surface area contributed by atoms with Crippen molar-refractivity contribution in [3.05, 3.63) is 0 Å². The monoisotopic (exact) mass is 299 g/mol. The summed E-state index contributed by atoms with van der Waals surface area (Å²) in [7, 11) is 0. The van der Waals surface area contributed by atoms with Gasteiger partial charge in [0, 0.05) is 13.0 Å². The van der Waals surface area contributed by atoms with Crippen molar-refractivity contribution >= 4 is 17.5 Å². The third-order valence-corrected chi connectivity index (χ3v) is 5.87. The van der Waals surface area contributed by atoms with Crippen molar-refractivity contribution in [1.29, 1.82) is 0 Å². The Balaban J connectivity index is 1.50. The lowest BCUT2D eigenvalue weighted by molar-refractivity contribution is -0.152. The highest BCUT2D eigenvalue weighted by Gasteiger charge is 2.39. The number of thioether (sulfide) groups is 1. The van der Waals surface area contributed by atoms with Crippen LogP contribution in [0.2, 0.25) is 0 Å².